The van der Waals surface area contributed by atoms with Crippen molar-refractivity contribution in [3.63, 3.8) is 0 Å². The smallest absolute Gasteiger partial charge is 0.171 e. The summed E-state index contributed by atoms with van der Waals surface area (Å²) in [6.45, 7) is 4.54. The number of aromatic nitrogens is 2. The van der Waals surface area contributed by atoms with E-state index in [0.717, 1.165) is 89.6 Å². The van der Waals surface area contributed by atoms with Gasteiger partial charge in [0.15, 0.2) is 7.14 Å². The molecule has 10 rings (SSSR count). The molecule has 2 aromatic heterocycles. The zero-order chi connectivity index (χ0) is 39.2. The molecule has 1 aliphatic carbocycles. The number of nitrogens with zero attached hydrogens (tertiary/aromatic N) is 2. The molecule has 9 aromatic rings. The second-order valence-electron chi connectivity index (χ2n) is 15.1. The topological polar surface area (TPSA) is 42.9 Å². The SMILES string of the molecule is Cc1c2c(-c3ccccc3)nc3cc(-c4cccc(P(=O)(c5ccccc5)c5ccccc5)c4)ccc3c2c(C)c2c(C3=CCC/C=C/C=C3)nc3ccccc3c12. The zero-order valence-electron chi connectivity index (χ0n) is 32.6. The summed E-state index contributed by atoms with van der Waals surface area (Å²) in [5, 5.41) is 9.46. The third kappa shape index (κ3) is 5.94. The first kappa shape index (κ1) is 35.7. The van der Waals surface area contributed by atoms with Crippen LogP contribution in [0.5, 0.6) is 0 Å². The van der Waals surface area contributed by atoms with E-state index in [1.807, 2.05) is 72.8 Å². The van der Waals surface area contributed by atoms with Crippen molar-refractivity contribution in [3.05, 3.63) is 205 Å². The van der Waals surface area contributed by atoms with Crippen molar-refractivity contribution < 1.29 is 4.57 Å². The van der Waals surface area contributed by atoms with Gasteiger partial charge in [-0.25, -0.2) is 9.97 Å². The van der Waals surface area contributed by atoms with Gasteiger partial charge in [0.2, 0.25) is 0 Å². The van der Waals surface area contributed by atoms with Crippen LogP contribution >= 0.6 is 7.14 Å². The fourth-order valence-electron chi connectivity index (χ4n) is 8.95. The summed E-state index contributed by atoms with van der Waals surface area (Å²) in [6.07, 6.45) is 13.0. The van der Waals surface area contributed by atoms with Gasteiger partial charge >= 0.3 is 0 Å². The van der Waals surface area contributed by atoms with Gasteiger partial charge in [-0.2, -0.15) is 0 Å². The summed E-state index contributed by atoms with van der Waals surface area (Å²) in [7, 11) is -3.16. The van der Waals surface area contributed by atoms with Crippen molar-refractivity contribution in [1.82, 2.24) is 9.97 Å². The predicted octanol–water partition coefficient (Wildman–Crippen LogP) is 13.0. The van der Waals surface area contributed by atoms with Gasteiger partial charge in [-0.15, -0.1) is 0 Å². The monoisotopic (exact) mass is 764 g/mol. The van der Waals surface area contributed by atoms with Crippen molar-refractivity contribution in [1.29, 1.82) is 0 Å². The predicted molar refractivity (Wildman–Crippen MR) is 247 cm³/mol. The first-order valence-corrected chi connectivity index (χ1v) is 21.7. The average molecular weight is 765 g/mol. The Hall–Kier alpha value is -6.67. The van der Waals surface area contributed by atoms with Crippen LogP contribution in [0.1, 0.15) is 29.7 Å². The molecule has 4 heteroatoms. The lowest BCUT2D eigenvalue weighted by molar-refractivity contribution is 0.592. The highest BCUT2D eigenvalue weighted by Gasteiger charge is 2.30. The molecule has 278 valence electrons. The quantitative estimate of drug-likeness (QED) is 0.0962. The Morgan fingerprint density at radius 1 is 0.466 bits per heavy atom. The van der Waals surface area contributed by atoms with Gasteiger partial charge < -0.3 is 4.57 Å². The number of hydrogen-bond acceptors (Lipinski definition) is 3. The van der Waals surface area contributed by atoms with Crippen molar-refractivity contribution in [2.75, 3.05) is 0 Å². The van der Waals surface area contributed by atoms with E-state index in [0.29, 0.717) is 0 Å². The highest BCUT2D eigenvalue weighted by atomic mass is 31.2. The Morgan fingerprint density at radius 3 is 1.76 bits per heavy atom. The zero-order valence-corrected chi connectivity index (χ0v) is 33.5. The summed E-state index contributed by atoms with van der Waals surface area (Å²) < 4.78 is 15.4. The molecule has 0 atom stereocenters. The number of hydrogen-bond donors (Lipinski definition) is 0. The van der Waals surface area contributed by atoms with Crippen LogP contribution in [-0.2, 0) is 4.57 Å². The van der Waals surface area contributed by atoms with Crippen LogP contribution in [0.3, 0.4) is 0 Å². The molecule has 0 fully saturated rings. The maximum absolute atomic E-state index is 15.4. The molecule has 0 aliphatic heterocycles. The molecule has 0 saturated carbocycles. The largest absolute Gasteiger partial charge is 0.309 e. The lowest BCUT2D eigenvalue weighted by Gasteiger charge is -2.22. The summed E-state index contributed by atoms with van der Waals surface area (Å²) in [5.41, 5.74) is 10.5. The lowest BCUT2D eigenvalue weighted by atomic mass is 9.85. The van der Waals surface area contributed by atoms with Crippen LogP contribution in [0.15, 0.2) is 188 Å². The van der Waals surface area contributed by atoms with Gasteiger partial charge in [0.05, 0.1) is 22.4 Å². The number of pyridine rings is 2. The minimum Gasteiger partial charge on any atom is -0.309 e. The van der Waals surface area contributed by atoms with Crippen LogP contribution in [-0.4, -0.2) is 9.97 Å². The number of fused-ring (bicyclic) bond motifs is 6. The maximum Gasteiger partial charge on any atom is 0.171 e. The minimum absolute atomic E-state index is 0.803. The van der Waals surface area contributed by atoms with E-state index >= 15 is 4.57 Å². The van der Waals surface area contributed by atoms with Crippen LogP contribution < -0.4 is 15.9 Å². The normalized spacial score (nSPS) is 13.8. The van der Waals surface area contributed by atoms with E-state index in [4.69, 9.17) is 9.97 Å². The molecule has 0 unspecified atom stereocenters. The highest BCUT2D eigenvalue weighted by Crippen LogP contribution is 2.46. The number of para-hydroxylation sites is 1. The summed E-state index contributed by atoms with van der Waals surface area (Å²) in [5.74, 6) is 0. The summed E-state index contributed by atoms with van der Waals surface area (Å²) in [4.78, 5) is 11.0. The van der Waals surface area contributed by atoms with E-state index in [9.17, 15) is 0 Å². The van der Waals surface area contributed by atoms with E-state index in [1.54, 1.807) is 0 Å². The van der Waals surface area contributed by atoms with E-state index in [-0.39, 0.29) is 0 Å². The third-order valence-electron chi connectivity index (χ3n) is 11.7. The molecular weight excluding hydrogens is 724 g/mol. The van der Waals surface area contributed by atoms with Crippen molar-refractivity contribution >= 4 is 72.0 Å². The van der Waals surface area contributed by atoms with Crippen molar-refractivity contribution in [2.24, 2.45) is 0 Å². The molecular formula is C54H41N2OP. The molecule has 0 bridgehead atoms. The number of allylic oxidation sites excluding steroid dienone is 6. The lowest BCUT2D eigenvalue weighted by Crippen LogP contribution is -2.25. The molecule has 1 aliphatic rings. The average Bonchev–Trinajstić information content (AvgIpc) is 3.27. The fourth-order valence-corrected chi connectivity index (χ4v) is 11.6. The Labute approximate surface area is 339 Å². The molecule has 58 heavy (non-hydrogen) atoms. The highest BCUT2D eigenvalue weighted by molar-refractivity contribution is 7.85. The van der Waals surface area contributed by atoms with Crippen molar-refractivity contribution in [3.8, 4) is 22.4 Å². The Bertz CT molecular complexity index is 3160. The summed E-state index contributed by atoms with van der Waals surface area (Å²) >= 11 is 0. The molecule has 2 heterocycles. The molecule has 0 N–H and O–H groups in total. The van der Waals surface area contributed by atoms with Crippen LogP contribution in [0.25, 0.3) is 71.3 Å². The number of benzene rings is 7. The third-order valence-corrected chi connectivity index (χ3v) is 14.8. The van der Waals surface area contributed by atoms with Crippen molar-refractivity contribution in [2.45, 2.75) is 26.7 Å². The van der Waals surface area contributed by atoms with Crippen LogP contribution in [0.4, 0.5) is 0 Å². The molecule has 0 amide bonds. The van der Waals surface area contributed by atoms with Gasteiger partial charge in [0.25, 0.3) is 0 Å². The van der Waals surface area contributed by atoms with Gasteiger partial charge in [-0.3, -0.25) is 0 Å². The number of aryl methyl sites for hydroxylation is 2. The summed E-state index contributed by atoms with van der Waals surface area (Å²) in [6, 6.07) is 53.8. The Balaban J connectivity index is 1.25. The first-order chi connectivity index (χ1) is 28.5. The molecule has 0 radical (unpaired) electrons. The number of rotatable bonds is 6. The second kappa shape index (κ2) is 14.7. The van der Waals surface area contributed by atoms with E-state index in [2.05, 4.69) is 129 Å². The first-order valence-electron chi connectivity index (χ1n) is 20.0. The molecule has 3 nitrogen and oxygen atoms in total. The van der Waals surface area contributed by atoms with Gasteiger partial charge in [0, 0.05) is 43.0 Å². The second-order valence-corrected chi connectivity index (χ2v) is 17.9. The Kier molecular flexibility index (Phi) is 9.04. The van der Waals surface area contributed by atoms with Crippen LogP contribution in [0, 0.1) is 13.8 Å². The molecule has 0 saturated heterocycles. The van der Waals surface area contributed by atoms with E-state index < -0.39 is 7.14 Å². The molecule has 0 spiro atoms. The minimum atomic E-state index is -3.16. The fraction of sp³-hybridized carbons (Fsp3) is 0.0741. The van der Waals surface area contributed by atoms with Gasteiger partial charge in [0.1, 0.15) is 0 Å². The van der Waals surface area contributed by atoms with Crippen LogP contribution in [0.2, 0.25) is 0 Å². The maximum atomic E-state index is 15.4. The van der Waals surface area contributed by atoms with Gasteiger partial charge in [-0.05, 0) is 83.5 Å². The molecule has 7 aromatic carbocycles. The Morgan fingerprint density at radius 2 is 1.03 bits per heavy atom. The van der Waals surface area contributed by atoms with E-state index in [1.165, 1.54) is 27.3 Å². The standard InChI is InChI=1S/C54H41N2OP/c1-36-49-45-30-17-18-31-47(45)55-53(38-20-9-4-3-5-10-21-38)51(49)37(2)50-46-33-32-41(35-48(46)56-54(52(36)50)39-22-11-6-12-23-39)40-24-19-29-44(34-40)58(57,42-25-13-7-14-26-42)43-27-15-8-16-28-43/h3-4,6-9,11-35H,5,10H2,1-2H3/b4-3+,20-9?,38-21?. The van der Waals surface area contributed by atoms with Gasteiger partial charge in [-0.1, -0.05) is 170 Å².